The molecule has 1 aromatic carbocycles. The van der Waals surface area contributed by atoms with Crippen LogP contribution in [0, 0.1) is 0 Å². The number of rotatable bonds is 6. The third-order valence-electron chi connectivity index (χ3n) is 4.80. The van der Waals surface area contributed by atoms with Crippen LogP contribution >= 0.6 is 15.9 Å². The Bertz CT molecular complexity index is 410. The highest BCUT2D eigenvalue weighted by Gasteiger charge is 2.38. The summed E-state index contributed by atoms with van der Waals surface area (Å²) in [5.41, 5.74) is 1.38. The van der Waals surface area contributed by atoms with E-state index in [0.717, 1.165) is 17.4 Å². The molecular weight excluding hydrogens is 326 g/mol. The molecule has 0 aromatic heterocycles. The number of likely N-dealkylation sites (N-methyl/N-ethyl adjacent to an activating group) is 1. The fourth-order valence-corrected chi connectivity index (χ4v) is 3.83. The number of hydrogen-bond acceptors (Lipinski definition) is 2. The van der Waals surface area contributed by atoms with E-state index in [-0.39, 0.29) is 5.60 Å². The first-order valence-electron chi connectivity index (χ1n) is 8.23. The van der Waals surface area contributed by atoms with Crippen molar-refractivity contribution in [3.63, 3.8) is 0 Å². The van der Waals surface area contributed by atoms with E-state index in [2.05, 4.69) is 52.4 Å². The minimum atomic E-state index is -0.000413. The van der Waals surface area contributed by atoms with Crippen molar-refractivity contribution in [3.05, 3.63) is 34.3 Å². The molecule has 0 amide bonds. The Labute approximate surface area is 137 Å². The second kappa shape index (κ2) is 8.30. The van der Waals surface area contributed by atoms with Gasteiger partial charge in [0.1, 0.15) is 0 Å². The molecule has 1 unspecified atom stereocenters. The van der Waals surface area contributed by atoms with Gasteiger partial charge in [0, 0.05) is 17.6 Å². The number of nitrogens with one attached hydrogen (secondary N) is 1. The molecule has 0 saturated heterocycles. The standard InChI is InChI=1S/C18H28BrNO/c1-3-20-17(14-15-8-10-16(19)11-9-15)18(21-2)12-6-4-5-7-13-18/h8-11,17,20H,3-7,12-14H2,1-2H3. The third-order valence-corrected chi connectivity index (χ3v) is 5.32. The fraction of sp³-hybridized carbons (Fsp3) is 0.667. The van der Waals surface area contributed by atoms with Gasteiger partial charge in [-0.05, 0) is 43.5 Å². The lowest BCUT2D eigenvalue weighted by atomic mass is 9.82. The molecule has 0 spiro atoms. The Hall–Kier alpha value is -0.380. The highest BCUT2D eigenvalue weighted by atomic mass is 79.9. The van der Waals surface area contributed by atoms with E-state index in [4.69, 9.17) is 4.74 Å². The van der Waals surface area contributed by atoms with Crippen molar-refractivity contribution < 1.29 is 4.74 Å². The third kappa shape index (κ3) is 4.54. The van der Waals surface area contributed by atoms with Crippen molar-refractivity contribution in [3.8, 4) is 0 Å². The summed E-state index contributed by atoms with van der Waals surface area (Å²) < 4.78 is 7.24. The first-order valence-corrected chi connectivity index (χ1v) is 9.02. The molecule has 0 radical (unpaired) electrons. The van der Waals surface area contributed by atoms with Gasteiger partial charge in [-0.1, -0.05) is 60.7 Å². The molecule has 0 aliphatic heterocycles. The molecule has 1 aromatic rings. The summed E-state index contributed by atoms with van der Waals surface area (Å²) in [7, 11) is 1.90. The average molecular weight is 354 g/mol. The van der Waals surface area contributed by atoms with Crippen LogP contribution in [-0.4, -0.2) is 25.3 Å². The second-order valence-corrected chi connectivity index (χ2v) is 7.04. The molecule has 1 aliphatic carbocycles. The number of methoxy groups -OCH3 is 1. The molecule has 118 valence electrons. The van der Waals surface area contributed by atoms with Crippen LogP contribution < -0.4 is 5.32 Å². The molecule has 1 saturated carbocycles. The molecule has 1 aliphatic rings. The van der Waals surface area contributed by atoms with E-state index in [1.54, 1.807) is 0 Å². The van der Waals surface area contributed by atoms with Gasteiger partial charge in [0.2, 0.25) is 0 Å². The number of halogens is 1. The van der Waals surface area contributed by atoms with Crippen molar-refractivity contribution in [2.45, 2.75) is 63.5 Å². The van der Waals surface area contributed by atoms with E-state index >= 15 is 0 Å². The van der Waals surface area contributed by atoms with Gasteiger partial charge in [-0.25, -0.2) is 0 Å². The van der Waals surface area contributed by atoms with Gasteiger partial charge in [0.05, 0.1) is 5.60 Å². The van der Waals surface area contributed by atoms with Gasteiger partial charge in [-0.2, -0.15) is 0 Å². The summed E-state index contributed by atoms with van der Waals surface area (Å²) in [4.78, 5) is 0. The summed E-state index contributed by atoms with van der Waals surface area (Å²) in [5.74, 6) is 0. The van der Waals surface area contributed by atoms with Crippen LogP contribution in [0.1, 0.15) is 51.0 Å². The van der Waals surface area contributed by atoms with Crippen molar-refractivity contribution in [1.82, 2.24) is 5.32 Å². The molecule has 2 rings (SSSR count). The normalized spacial score (nSPS) is 20.0. The van der Waals surface area contributed by atoms with Crippen LogP contribution in [0.15, 0.2) is 28.7 Å². The van der Waals surface area contributed by atoms with Crippen LogP contribution in [0.25, 0.3) is 0 Å². The predicted molar refractivity (Wildman–Crippen MR) is 92.8 cm³/mol. The average Bonchev–Trinajstić information content (AvgIpc) is 2.75. The topological polar surface area (TPSA) is 21.3 Å². The van der Waals surface area contributed by atoms with Crippen molar-refractivity contribution in [2.24, 2.45) is 0 Å². The highest BCUT2D eigenvalue weighted by Crippen LogP contribution is 2.34. The first-order chi connectivity index (χ1) is 10.2. The molecule has 0 heterocycles. The van der Waals surface area contributed by atoms with Crippen LogP contribution in [0.3, 0.4) is 0 Å². The Balaban J connectivity index is 2.16. The van der Waals surface area contributed by atoms with E-state index < -0.39 is 0 Å². The van der Waals surface area contributed by atoms with Crippen LogP contribution in [0.2, 0.25) is 0 Å². The number of hydrogen-bond donors (Lipinski definition) is 1. The zero-order chi connectivity index (χ0) is 15.1. The van der Waals surface area contributed by atoms with Gasteiger partial charge >= 0.3 is 0 Å². The Morgan fingerprint density at radius 3 is 2.29 bits per heavy atom. The number of benzene rings is 1. The SMILES string of the molecule is CCNC(Cc1ccc(Br)cc1)C1(OC)CCCCCC1. The van der Waals surface area contributed by atoms with Gasteiger partial charge < -0.3 is 10.1 Å². The van der Waals surface area contributed by atoms with E-state index in [0.29, 0.717) is 6.04 Å². The Morgan fingerprint density at radius 1 is 1.14 bits per heavy atom. The van der Waals surface area contributed by atoms with Crippen LogP contribution in [-0.2, 0) is 11.2 Å². The molecule has 21 heavy (non-hydrogen) atoms. The minimum absolute atomic E-state index is 0.000413. The van der Waals surface area contributed by atoms with Crippen LogP contribution in [0.4, 0.5) is 0 Å². The van der Waals surface area contributed by atoms with Gasteiger partial charge in [-0.3, -0.25) is 0 Å². The summed E-state index contributed by atoms with van der Waals surface area (Å²) in [6.07, 6.45) is 8.67. The maximum Gasteiger partial charge on any atom is 0.0834 e. The maximum atomic E-state index is 6.10. The van der Waals surface area contributed by atoms with E-state index in [1.807, 2.05) is 7.11 Å². The second-order valence-electron chi connectivity index (χ2n) is 6.12. The highest BCUT2D eigenvalue weighted by molar-refractivity contribution is 9.10. The molecule has 1 N–H and O–H groups in total. The van der Waals surface area contributed by atoms with E-state index in [1.165, 1.54) is 44.1 Å². The smallest absolute Gasteiger partial charge is 0.0834 e. The summed E-state index contributed by atoms with van der Waals surface area (Å²) >= 11 is 3.51. The van der Waals surface area contributed by atoms with Gasteiger partial charge in [-0.15, -0.1) is 0 Å². The fourth-order valence-electron chi connectivity index (χ4n) is 3.57. The zero-order valence-electron chi connectivity index (χ0n) is 13.3. The summed E-state index contributed by atoms with van der Waals surface area (Å²) in [5, 5.41) is 3.70. The summed E-state index contributed by atoms with van der Waals surface area (Å²) in [6, 6.07) is 9.09. The molecule has 1 atom stereocenters. The molecule has 3 heteroatoms. The maximum absolute atomic E-state index is 6.10. The predicted octanol–water partition coefficient (Wildman–Crippen LogP) is 4.71. The van der Waals surface area contributed by atoms with Gasteiger partial charge in [0.15, 0.2) is 0 Å². The largest absolute Gasteiger partial charge is 0.377 e. The van der Waals surface area contributed by atoms with Gasteiger partial charge in [0.25, 0.3) is 0 Å². The number of ether oxygens (including phenoxy) is 1. The Morgan fingerprint density at radius 2 is 1.76 bits per heavy atom. The van der Waals surface area contributed by atoms with Crippen molar-refractivity contribution in [1.29, 1.82) is 0 Å². The minimum Gasteiger partial charge on any atom is -0.377 e. The molecule has 2 nitrogen and oxygen atoms in total. The van der Waals surface area contributed by atoms with Crippen LogP contribution in [0.5, 0.6) is 0 Å². The first kappa shape index (κ1) is 17.0. The molecule has 1 fully saturated rings. The van der Waals surface area contributed by atoms with E-state index in [9.17, 15) is 0 Å². The lowest BCUT2D eigenvalue weighted by molar-refractivity contribution is -0.0523. The lowest BCUT2D eigenvalue weighted by Crippen LogP contribution is -2.53. The lowest BCUT2D eigenvalue weighted by Gasteiger charge is -2.40. The Kier molecular flexibility index (Phi) is 6.72. The molecule has 0 bridgehead atoms. The van der Waals surface area contributed by atoms with Crippen molar-refractivity contribution in [2.75, 3.05) is 13.7 Å². The zero-order valence-corrected chi connectivity index (χ0v) is 14.9. The summed E-state index contributed by atoms with van der Waals surface area (Å²) in [6.45, 7) is 3.18. The monoisotopic (exact) mass is 353 g/mol. The molecular formula is C18H28BrNO. The van der Waals surface area contributed by atoms with Crippen molar-refractivity contribution >= 4 is 15.9 Å². The quantitative estimate of drug-likeness (QED) is 0.747.